The normalized spacial score (nSPS) is 10.8. The van der Waals surface area contributed by atoms with Crippen molar-refractivity contribution in [1.29, 1.82) is 0 Å². The monoisotopic (exact) mass is 291 g/mol. The molecule has 0 radical (unpaired) electrons. The number of aromatic nitrogens is 3. The highest BCUT2D eigenvalue weighted by Crippen LogP contribution is 2.16. The van der Waals surface area contributed by atoms with Gasteiger partial charge in [0.25, 0.3) is 0 Å². The minimum Gasteiger partial charge on any atom is -0.487 e. The first-order chi connectivity index (χ1) is 10.3. The van der Waals surface area contributed by atoms with Crippen molar-refractivity contribution in [3.63, 3.8) is 0 Å². The summed E-state index contributed by atoms with van der Waals surface area (Å²) in [4.78, 5) is 0. The molecule has 1 aromatic carbocycles. The van der Waals surface area contributed by atoms with Crippen LogP contribution in [0.5, 0.6) is 5.75 Å². The number of benzene rings is 1. The largest absolute Gasteiger partial charge is 0.487 e. The lowest BCUT2D eigenvalue weighted by Gasteiger charge is -2.10. The SMILES string of the molecule is CCc1cccc(OCc2c(CO)nnn2CCCO)c1. The lowest BCUT2D eigenvalue weighted by molar-refractivity contribution is 0.255. The molecule has 1 heterocycles. The molecular formula is C15H21N3O3. The van der Waals surface area contributed by atoms with E-state index in [1.54, 1.807) is 4.68 Å². The van der Waals surface area contributed by atoms with Crippen LogP contribution >= 0.6 is 0 Å². The van der Waals surface area contributed by atoms with E-state index in [1.165, 1.54) is 5.56 Å². The number of aliphatic hydroxyl groups is 2. The molecule has 21 heavy (non-hydrogen) atoms. The zero-order valence-electron chi connectivity index (χ0n) is 12.2. The van der Waals surface area contributed by atoms with Crippen molar-refractivity contribution in [3.8, 4) is 5.75 Å². The number of rotatable bonds is 8. The van der Waals surface area contributed by atoms with E-state index < -0.39 is 0 Å². The highest BCUT2D eigenvalue weighted by molar-refractivity contribution is 5.28. The quantitative estimate of drug-likeness (QED) is 0.766. The second-order valence-corrected chi connectivity index (χ2v) is 4.73. The van der Waals surface area contributed by atoms with Gasteiger partial charge in [-0.1, -0.05) is 24.3 Å². The average Bonchev–Trinajstić information content (AvgIpc) is 2.93. The molecule has 0 fully saturated rings. The predicted molar refractivity (Wildman–Crippen MR) is 77.8 cm³/mol. The standard InChI is InChI=1S/C15H21N3O3/c1-2-12-5-3-6-13(9-12)21-11-15-14(10-20)16-17-18(15)7-4-8-19/h3,5-6,9,19-20H,2,4,7-8,10-11H2,1H3. The molecule has 114 valence electrons. The van der Waals surface area contributed by atoms with Gasteiger partial charge in [-0.2, -0.15) is 0 Å². The Morgan fingerprint density at radius 1 is 1.29 bits per heavy atom. The zero-order valence-corrected chi connectivity index (χ0v) is 12.2. The first-order valence-corrected chi connectivity index (χ1v) is 7.13. The lowest BCUT2D eigenvalue weighted by atomic mass is 10.2. The summed E-state index contributed by atoms with van der Waals surface area (Å²) < 4.78 is 7.45. The van der Waals surface area contributed by atoms with Gasteiger partial charge in [-0.25, -0.2) is 4.68 Å². The summed E-state index contributed by atoms with van der Waals surface area (Å²) in [6.07, 6.45) is 1.54. The Hall–Kier alpha value is -1.92. The molecule has 0 aliphatic heterocycles. The molecule has 0 bridgehead atoms. The van der Waals surface area contributed by atoms with E-state index in [0.29, 0.717) is 25.3 Å². The van der Waals surface area contributed by atoms with Crippen molar-refractivity contribution in [2.24, 2.45) is 0 Å². The van der Waals surface area contributed by atoms with Gasteiger partial charge in [0, 0.05) is 13.2 Å². The summed E-state index contributed by atoms with van der Waals surface area (Å²) in [7, 11) is 0. The van der Waals surface area contributed by atoms with Crippen LogP contribution in [0.15, 0.2) is 24.3 Å². The van der Waals surface area contributed by atoms with Crippen molar-refractivity contribution in [3.05, 3.63) is 41.2 Å². The van der Waals surface area contributed by atoms with Crippen molar-refractivity contribution in [2.45, 2.75) is 39.5 Å². The Labute approximate surface area is 124 Å². The highest BCUT2D eigenvalue weighted by Gasteiger charge is 2.12. The minimum atomic E-state index is -0.174. The van der Waals surface area contributed by atoms with E-state index in [0.717, 1.165) is 17.9 Å². The van der Waals surface area contributed by atoms with E-state index in [2.05, 4.69) is 23.3 Å². The Morgan fingerprint density at radius 3 is 2.86 bits per heavy atom. The van der Waals surface area contributed by atoms with Crippen molar-refractivity contribution in [2.75, 3.05) is 6.61 Å². The second kappa shape index (κ2) is 7.75. The Morgan fingerprint density at radius 2 is 2.14 bits per heavy atom. The van der Waals surface area contributed by atoms with Crippen LogP contribution in [0.25, 0.3) is 0 Å². The molecule has 0 atom stereocenters. The van der Waals surface area contributed by atoms with Crippen LogP contribution in [0.3, 0.4) is 0 Å². The minimum absolute atomic E-state index is 0.0904. The van der Waals surface area contributed by atoms with Gasteiger partial charge in [0.05, 0.1) is 6.61 Å². The molecule has 2 aromatic rings. The molecule has 0 aliphatic rings. The Kier molecular flexibility index (Phi) is 5.71. The molecule has 0 saturated heterocycles. The Bertz CT molecular complexity index is 569. The second-order valence-electron chi connectivity index (χ2n) is 4.73. The summed E-state index contributed by atoms with van der Waals surface area (Å²) in [5.74, 6) is 0.785. The summed E-state index contributed by atoms with van der Waals surface area (Å²) in [6.45, 7) is 2.86. The van der Waals surface area contributed by atoms with Gasteiger partial charge < -0.3 is 14.9 Å². The fourth-order valence-corrected chi connectivity index (χ4v) is 2.06. The van der Waals surface area contributed by atoms with Crippen LogP contribution in [0, 0.1) is 0 Å². The molecular weight excluding hydrogens is 270 g/mol. The molecule has 2 N–H and O–H groups in total. The molecule has 0 unspecified atom stereocenters. The van der Waals surface area contributed by atoms with Gasteiger partial charge in [-0.15, -0.1) is 5.10 Å². The van der Waals surface area contributed by atoms with Crippen LogP contribution in [0.2, 0.25) is 0 Å². The number of aliphatic hydroxyl groups excluding tert-OH is 2. The van der Waals surface area contributed by atoms with E-state index in [4.69, 9.17) is 9.84 Å². The predicted octanol–water partition coefficient (Wildman–Crippen LogP) is 1.29. The maximum absolute atomic E-state index is 9.32. The topological polar surface area (TPSA) is 80.4 Å². The van der Waals surface area contributed by atoms with Crippen LogP contribution in [-0.4, -0.2) is 31.8 Å². The first kappa shape index (κ1) is 15.5. The number of hydrogen-bond acceptors (Lipinski definition) is 5. The van der Waals surface area contributed by atoms with Crippen molar-refractivity contribution < 1.29 is 14.9 Å². The van der Waals surface area contributed by atoms with Crippen LogP contribution in [0.1, 0.15) is 30.3 Å². The van der Waals surface area contributed by atoms with Crippen molar-refractivity contribution >= 4 is 0 Å². The summed E-state index contributed by atoms with van der Waals surface area (Å²) in [6, 6.07) is 7.92. The van der Waals surface area contributed by atoms with E-state index in [9.17, 15) is 5.11 Å². The van der Waals surface area contributed by atoms with Gasteiger partial charge in [-0.3, -0.25) is 0 Å². The first-order valence-electron chi connectivity index (χ1n) is 7.13. The molecule has 1 aromatic heterocycles. The Balaban J connectivity index is 2.08. The van der Waals surface area contributed by atoms with Gasteiger partial charge in [0.2, 0.25) is 0 Å². The van der Waals surface area contributed by atoms with Crippen LogP contribution in [-0.2, 0) is 26.2 Å². The average molecular weight is 291 g/mol. The summed E-state index contributed by atoms with van der Waals surface area (Å²) >= 11 is 0. The number of ether oxygens (including phenoxy) is 1. The fraction of sp³-hybridized carbons (Fsp3) is 0.467. The van der Waals surface area contributed by atoms with Gasteiger partial charge in [0.1, 0.15) is 23.7 Å². The lowest BCUT2D eigenvalue weighted by Crippen LogP contribution is -2.10. The van der Waals surface area contributed by atoms with Crippen molar-refractivity contribution in [1.82, 2.24) is 15.0 Å². The maximum Gasteiger partial charge on any atom is 0.132 e. The number of nitrogens with zero attached hydrogens (tertiary/aromatic N) is 3. The van der Waals surface area contributed by atoms with Gasteiger partial charge in [0.15, 0.2) is 0 Å². The molecule has 2 rings (SSSR count). The molecule has 0 amide bonds. The maximum atomic E-state index is 9.32. The van der Waals surface area contributed by atoms with E-state index >= 15 is 0 Å². The molecule has 6 nitrogen and oxygen atoms in total. The summed E-state index contributed by atoms with van der Waals surface area (Å²) in [5.41, 5.74) is 2.47. The molecule has 0 saturated carbocycles. The third-order valence-corrected chi connectivity index (χ3v) is 3.28. The highest BCUT2D eigenvalue weighted by atomic mass is 16.5. The smallest absolute Gasteiger partial charge is 0.132 e. The number of hydrogen-bond donors (Lipinski definition) is 2. The third-order valence-electron chi connectivity index (χ3n) is 3.28. The van der Waals surface area contributed by atoms with E-state index in [1.807, 2.05) is 18.2 Å². The van der Waals surface area contributed by atoms with Gasteiger partial charge in [-0.05, 0) is 30.5 Å². The molecule has 0 aliphatic carbocycles. The fourth-order valence-electron chi connectivity index (χ4n) is 2.06. The summed E-state index contributed by atoms with van der Waals surface area (Å²) in [5, 5.41) is 26.1. The zero-order chi connectivity index (χ0) is 15.1. The van der Waals surface area contributed by atoms with Crippen LogP contribution < -0.4 is 4.74 Å². The van der Waals surface area contributed by atoms with E-state index in [-0.39, 0.29) is 13.2 Å². The third kappa shape index (κ3) is 4.03. The molecule has 0 spiro atoms. The molecule has 6 heteroatoms. The van der Waals surface area contributed by atoms with Gasteiger partial charge >= 0.3 is 0 Å². The number of aryl methyl sites for hydroxylation is 2. The van der Waals surface area contributed by atoms with Crippen LogP contribution in [0.4, 0.5) is 0 Å².